The Labute approximate surface area is 201 Å². The lowest BCUT2D eigenvalue weighted by atomic mass is 9.89. The van der Waals surface area contributed by atoms with Gasteiger partial charge in [0.15, 0.2) is 5.82 Å². The predicted molar refractivity (Wildman–Crippen MR) is 107 cm³/mol. The molecule has 2 aliphatic rings. The van der Waals surface area contributed by atoms with E-state index in [1.807, 2.05) is 0 Å². The number of carbonyl (C=O) groups excluding carboxylic acids is 1. The number of oxime groups is 1. The maximum absolute atomic E-state index is 14.1. The number of nitrogens with one attached hydrogen (secondary N) is 1. The van der Waals surface area contributed by atoms with Gasteiger partial charge in [0, 0.05) is 23.9 Å². The zero-order valence-corrected chi connectivity index (χ0v) is 18.6. The number of rotatable bonds is 3. The fraction of sp³-hybridized carbons (Fsp3) is 0.368. The van der Waals surface area contributed by atoms with E-state index in [1.54, 1.807) is 5.32 Å². The zero-order valence-electron chi connectivity index (χ0n) is 17.1. The molecule has 0 bridgehead atoms. The topological polar surface area (TPSA) is 79.7 Å². The molecule has 0 fully saturated rings. The van der Waals surface area contributed by atoms with Crippen LogP contribution in [0.3, 0.4) is 0 Å². The lowest BCUT2D eigenvalue weighted by Gasteiger charge is -2.30. The molecule has 0 saturated heterocycles. The molecule has 2 aliphatic heterocycles. The molecule has 1 N–H and O–H groups in total. The first-order valence-electron chi connectivity index (χ1n) is 9.62. The van der Waals surface area contributed by atoms with E-state index in [2.05, 4.69) is 15.1 Å². The number of hydrogen-bond donors (Lipinski definition) is 1. The molecule has 0 radical (unpaired) electrons. The third-order valence-corrected chi connectivity index (χ3v) is 5.85. The van der Waals surface area contributed by atoms with Crippen LogP contribution >= 0.6 is 23.2 Å². The van der Waals surface area contributed by atoms with E-state index >= 15 is 0 Å². The molecule has 1 unspecified atom stereocenters. The number of benzene rings is 1. The molecule has 0 spiro atoms. The van der Waals surface area contributed by atoms with Gasteiger partial charge in [0.25, 0.3) is 11.5 Å². The second kappa shape index (κ2) is 8.66. The molecule has 7 nitrogen and oxygen atoms in total. The van der Waals surface area contributed by atoms with Crippen LogP contribution in [-0.2, 0) is 23.5 Å². The quantitative estimate of drug-likeness (QED) is 0.446. The maximum Gasteiger partial charge on any atom is 0.435 e. The largest absolute Gasteiger partial charge is 0.435 e. The number of fused-ring (bicyclic) bond motifs is 1. The van der Waals surface area contributed by atoms with Crippen molar-refractivity contribution in [3.63, 3.8) is 0 Å². The van der Waals surface area contributed by atoms with Crippen LogP contribution in [0.25, 0.3) is 0 Å². The molecule has 188 valence electrons. The third kappa shape index (κ3) is 4.81. The van der Waals surface area contributed by atoms with Crippen molar-refractivity contribution in [3.8, 4) is 0 Å². The fourth-order valence-electron chi connectivity index (χ4n) is 3.55. The number of aromatic nitrogens is 2. The van der Waals surface area contributed by atoms with Crippen LogP contribution in [0.15, 0.2) is 23.5 Å². The summed E-state index contributed by atoms with van der Waals surface area (Å²) < 4.78 is 93.1. The van der Waals surface area contributed by atoms with Gasteiger partial charge in [-0.1, -0.05) is 28.4 Å². The van der Waals surface area contributed by atoms with Gasteiger partial charge in [0.2, 0.25) is 5.82 Å². The summed E-state index contributed by atoms with van der Waals surface area (Å²) in [6, 6.07) is 1.51. The van der Waals surface area contributed by atoms with Crippen LogP contribution in [0.4, 0.5) is 30.7 Å². The Bertz CT molecular complexity index is 1200. The molecule has 0 saturated carbocycles. The Morgan fingerprint density at radius 1 is 1.14 bits per heavy atom. The molecule has 1 amide bonds. The van der Waals surface area contributed by atoms with Gasteiger partial charge >= 0.3 is 12.4 Å². The number of nitrogens with zero attached hydrogens (tertiary/aromatic N) is 4. The first-order valence-corrected chi connectivity index (χ1v) is 10.4. The normalized spacial score (nSPS) is 19.9. The van der Waals surface area contributed by atoms with Gasteiger partial charge < -0.3 is 15.1 Å². The molecule has 35 heavy (non-hydrogen) atoms. The Morgan fingerprint density at radius 2 is 1.80 bits per heavy atom. The third-order valence-electron chi connectivity index (χ3n) is 5.30. The molecule has 4 rings (SSSR count). The molecule has 0 aliphatic carbocycles. The van der Waals surface area contributed by atoms with Gasteiger partial charge in [-0.05, 0) is 12.1 Å². The highest BCUT2D eigenvalue weighted by molar-refractivity contribution is 6.35. The Hall–Kier alpha value is -2.87. The average Bonchev–Trinajstić information content (AvgIpc) is 3.39. The van der Waals surface area contributed by atoms with Crippen LogP contribution in [-0.4, -0.2) is 45.5 Å². The van der Waals surface area contributed by atoms with Gasteiger partial charge in [0.1, 0.15) is 12.4 Å². The Kier molecular flexibility index (Phi) is 6.24. The van der Waals surface area contributed by atoms with E-state index < -0.39 is 64.1 Å². The minimum absolute atomic E-state index is 0.000837. The minimum Gasteiger partial charge on any atom is -0.372 e. The highest BCUT2D eigenvalue weighted by Crippen LogP contribution is 2.50. The summed E-state index contributed by atoms with van der Waals surface area (Å²) in [7, 11) is 0. The van der Waals surface area contributed by atoms with Gasteiger partial charge in [-0.15, -0.1) is 0 Å². The summed E-state index contributed by atoms with van der Waals surface area (Å²) in [4.78, 5) is 25.8. The van der Waals surface area contributed by atoms with Crippen molar-refractivity contribution in [2.24, 2.45) is 5.16 Å². The van der Waals surface area contributed by atoms with Gasteiger partial charge in [-0.2, -0.15) is 26.3 Å². The summed E-state index contributed by atoms with van der Waals surface area (Å²) in [5.41, 5.74) is -2.90. The van der Waals surface area contributed by atoms with Crippen LogP contribution in [0.2, 0.25) is 10.0 Å². The Morgan fingerprint density at radius 3 is 2.40 bits per heavy atom. The highest BCUT2D eigenvalue weighted by atomic mass is 35.5. The predicted octanol–water partition coefficient (Wildman–Crippen LogP) is 4.72. The SMILES string of the molecule is O=C(NCC(F)(F)F)c1ncc2c(n1)CN(C1=NOC(c3cc(Cl)c(F)c(Cl)c3)(C(F)(F)F)C1)C2. The molecular weight excluding hydrogens is 534 g/mol. The fourth-order valence-corrected chi connectivity index (χ4v) is 4.04. The lowest BCUT2D eigenvalue weighted by molar-refractivity contribution is -0.275. The van der Waals surface area contributed by atoms with Gasteiger partial charge in [-0.25, -0.2) is 14.4 Å². The Balaban J connectivity index is 1.54. The van der Waals surface area contributed by atoms with Gasteiger partial charge in [-0.3, -0.25) is 4.79 Å². The molecule has 16 heteroatoms. The molecular formula is C19H12Cl2F7N5O2. The number of hydrogen-bond acceptors (Lipinski definition) is 6. The molecule has 1 atom stereocenters. The minimum atomic E-state index is -5.00. The summed E-state index contributed by atoms with van der Waals surface area (Å²) in [5, 5.41) is 3.96. The summed E-state index contributed by atoms with van der Waals surface area (Å²) >= 11 is 11.4. The van der Waals surface area contributed by atoms with Crippen molar-refractivity contribution in [3.05, 3.63) is 56.8 Å². The summed E-state index contributed by atoms with van der Waals surface area (Å²) in [6.45, 7) is -1.69. The van der Waals surface area contributed by atoms with Crippen molar-refractivity contribution in [2.45, 2.75) is 37.5 Å². The van der Waals surface area contributed by atoms with Crippen LogP contribution in [0, 0.1) is 5.82 Å². The number of carbonyl (C=O) groups is 1. The summed E-state index contributed by atoms with van der Waals surface area (Å²) in [6.07, 6.45) is -9.25. The zero-order chi connectivity index (χ0) is 25.8. The lowest BCUT2D eigenvalue weighted by Crippen LogP contribution is -2.44. The number of amidine groups is 1. The smallest absolute Gasteiger partial charge is 0.372 e. The second-order valence-corrected chi connectivity index (χ2v) is 8.49. The molecule has 1 aromatic carbocycles. The van der Waals surface area contributed by atoms with Gasteiger partial charge in [0.05, 0.1) is 28.7 Å². The second-order valence-electron chi connectivity index (χ2n) is 7.67. The average molecular weight is 546 g/mol. The van der Waals surface area contributed by atoms with Crippen LogP contribution in [0.1, 0.15) is 33.9 Å². The first-order chi connectivity index (χ1) is 16.2. The van der Waals surface area contributed by atoms with Crippen molar-refractivity contribution >= 4 is 34.9 Å². The van der Waals surface area contributed by atoms with Crippen molar-refractivity contribution in [1.29, 1.82) is 0 Å². The van der Waals surface area contributed by atoms with Crippen molar-refractivity contribution in [1.82, 2.24) is 20.2 Å². The van der Waals surface area contributed by atoms with E-state index in [0.29, 0.717) is 5.56 Å². The highest BCUT2D eigenvalue weighted by Gasteiger charge is 2.63. The monoisotopic (exact) mass is 545 g/mol. The number of amides is 1. The van der Waals surface area contributed by atoms with Crippen molar-refractivity contribution in [2.75, 3.05) is 6.54 Å². The van der Waals surface area contributed by atoms with Crippen LogP contribution in [0.5, 0.6) is 0 Å². The number of halogens is 9. The van der Waals surface area contributed by atoms with E-state index in [1.165, 1.54) is 11.1 Å². The van der Waals surface area contributed by atoms with Crippen molar-refractivity contribution < 1.29 is 40.4 Å². The summed E-state index contributed by atoms with van der Waals surface area (Å²) in [5.74, 6) is -2.91. The van der Waals surface area contributed by atoms with E-state index in [9.17, 15) is 35.5 Å². The maximum atomic E-state index is 14.1. The van der Waals surface area contributed by atoms with E-state index in [0.717, 1.165) is 12.1 Å². The van der Waals surface area contributed by atoms with E-state index in [4.69, 9.17) is 28.0 Å². The molecule has 2 aromatic rings. The van der Waals surface area contributed by atoms with Crippen LogP contribution < -0.4 is 5.32 Å². The first kappa shape index (κ1) is 25.2. The number of alkyl halides is 6. The standard InChI is InChI=1S/C19H12Cl2F7N5O2/c20-10-1-9(2-11(21)14(10)22)17(19(26,27)28)3-13(32-35-17)33-5-8-4-29-15(31-12(8)6-33)16(34)30-7-18(23,24)25/h1-2,4H,3,5-7H2,(H,30,34). The van der Waals surface area contributed by atoms with E-state index in [-0.39, 0.29) is 24.6 Å². The molecule has 3 heterocycles. The molecule has 1 aromatic heterocycles.